The summed E-state index contributed by atoms with van der Waals surface area (Å²) in [5, 5.41) is 4.77. The van der Waals surface area contributed by atoms with E-state index in [1.54, 1.807) is 0 Å². The van der Waals surface area contributed by atoms with Crippen molar-refractivity contribution in [2.45, 2.75) is 143 Å². The van der Waals surface area contributed by atoms with Crippen LogP contribution >= 0.6 is 0 Å². The van der Waals surface area contributed by atoms with Crippen molar-refractivity contribution in [1.29, 1.82) is 0 Å². The van der Waals surface area contributed by atoms with Gasteiger partial charge in [-0.3, -0.25) is 0 Å². The first-order valence-corrected chi connectivity index (χ1v) is 31.7. The highest BCUT2D eigenvalue weighted by molar-refractivity contribution is 6.94. The van der Waals surface area contributed by atoms with Crippen LogP contribution in [0.4, 0.5) is 28.4 Å². The number of hydrogen-bond acceptors (Lipinski definition) is 3. The molecule has 0 spiro atoms. The van der Waals surface area contributed by atoms with Gasteiger partial charge in [0.15, 0.2) is 0 Å². The number of nitrogens with zero attached hydrogens (tertiary/aromatic N) is 3. The second-order valence-corrected chi connectivity index (χ2v) is 31.0. The number of benzene rings is 10. The van der Waals surface area contributed by atoms with Gasteiger partial charge < -0.3 is 18.7 Å². The van der Waals surface area contributed by atoms with Gasteiger partial charge in [0.1, 0.15) is 11.2 Å². The quantitative estimate of drug-likeness (QED) is 0.164. The predicted octanol–water partition coefficient (Wildman–Crippen LogP) is 21.2. The Labute approximate surface area is 514 Å². The van der Waals surface area contributed by atoms with Crippen LogP contribution in [0.2, 0.25) is 0 Å². The summed E-state index contributed by atoms with van der Waals surface area (Å²) >= 11 is 0. The average molecular weight is 1130 g/mol. The third-order valence-electron chi connectivity index (χ3n) is 20.8. The molecular formula is C82H78BN3O. The van der Waals surface area contributed by atoms with Crippen molar-refractivity contribution in [2.24, 2.45) is 0 Å². The van der Waals surface area contributed by atoms with Gasteiger partial charge in [0.2, 0.25) is 0 Å². The Morgan fingerprint density at radius 2 is 0.931 bits per heavy atom. The molecule has 2 aromatic heterocycles. The maximum atomic E-state index is 7.45. The molecule has 10 aromatic carbocycles. The van der Waals surface area contributed by atoms with Crippen LogP contribution in [0.15, 0.2) is 186 Å². The number of furan rings is 1. The maximum Gasteiger partial charge on any atom is 0.333 e. The standard InChI is InChI=1S/C82H78BN3O/c1-77(2,3)47-25-32-51(33-26-47)84(52-34-27-48(28-35-52)78(4,5)6)54-38-39-56-58-44-68-61(43-64(58)82(15,16)63(56)42-54)71-72-57-22-18-20-24-70(57)87-76(72)73-60-41-50(80(10,11)12)31-40-67(60)85-69-45-59-55-21-17-19-23-62(55)81(13,14)65(59)46-66(69)83(74(71)75(73)85)86(68)53-36-29-49(30-37-53)79(7,8)9/h17-46H,1-16H3. The summed E-state index contributed by atoms with van der Waals surface area (Å²) < 4.78 is 10.1. The van der Waals surface area contributed by atoms with Crippen LogP contribution in [0.5, 0.6) is 0 Å². The fourth-order valence-electron chi connectivity index (χ4n) is 15.9. The number of rotatable bonds is 4. The first kappa shape index (κ1) is 53.9. The van der Waals surface area contributed by atoms with Crippen LogP contribution < -0.4 is 20.6 Å². The summed E-state index contributed by atoms with van der Waals surface area (Å²) in [6.45, 7) is 37.3. The van der Waals surface area contributed by atoms with Gasteiger partial charge in [-0.2, -0.15) is 0 Å². The van der Waals surface area contributed by atoms with E-state index in [-0.39, 0.29) is 39.3 Å². The van der Waals surface area contributed by atoms with E-state index in [0.29, 0.717) is 0 Å². The van der Waals surface area contributed by atoms with E-state index >= 15 is 0 Å². The monoisotopic (exact) mass is 1130 g/mol. The smallest absolute Gasteiger partial charge is 0.333 e. The van der Waals surface area contributed by atoms with E-state index in [0.717, 1.165) is 33.6 Å². The molecule has 4 aliphatic rings. The van der Waals surface area contributed by atoms with Crippen molar-refractivity contribution in [3.63, 3.8) is 0 Å². The summed E-state index contributed by atoms with van der Waals surface area (Å²) in [5.74, 6) is 0. The van der Waals surface area contributed by atoms with Crippen LogP contribution in [0, 0.1) is 0 Å². The minimum atomic E-state index is -0.367. The molecule has 0 amide bonds. The van der Waals surface area contributed by atoms with Gasteiger partial charge in [-0.25, -0.2) is 0 Å². The highest BCUT2D eigenvalue weighted by Crippen LogP contribution is 2.59. The van der Waals surface area contributed by atoms with Crippen molar-refractivity contribution >= 4 is 90.0 Å². The normalized spacial score (nSPS) is 15.3. The van der Waals surface area contributed by atoms with E-state index < -0.39 is 0 Å². The Hall–Kier alpha value is -8.54. The zero-order valence-corrected chi connectivity index (χ0v) is 53.6. The minimum Gasteiger partial charge on any atom is -0.455 e. The Morgan fingerprint density at radius 1 is 0.414 bits per heavy atom. The lowest BCUT2D eigenvalue weighted by molar-refractivity contribution is 0.590. The van der Waals surface area contributed by atoms with E-state index in [1.165, 1.54) is 133 Å². The van der Waals surface area contributed by atoms with E-state index in [4.69, 9.17) is 4.42 Å². The molecule has 0 radical (unpaired) electrons. The summed E-state index contributed by atoms with van der Waals surface area (Å²) in [7, 11) is 0. The molecule has 12 aromatic rings. The molecule has 87 heavy (non-hydrogen) atoms. The second kappa shape index (κ2) is 17.6. The van der Waals surface area contributed by atoms with Crippen molar-refractivity contribution < 1.29 is 4.42 Å². The zero-order chi connectivity index (χ0) is 60.6. The number of hydrogen-bond donors (Lipinski definition) is 0. The molecule has 0 atom stereocenters. The highest BCUT2D eigenvalue weighted by atomic mass is 16.3. The molecule has 0 unspecified atom stereocenters. The maximum absolute atomic E-state index is 7.45. The number of fused-ring (bicyclic) bond motifs is 19. The molecular weight excluding hydrogens is 1050 g/mol. The highest BCUT2D eigenvalue weighted by Gasteiger charge is 2.49. The molecule has 16 rings (SSSR count). The van der Waals surface area contributed by atoms with Gasteiger partial charge in [0.05, 0.1) is 16.4 Å². The molecule has 430 valence electrons. The predicted molar refractivity (Wildman–Crippen MR) is 372 cm³/mol. The molecule has 2 aliphatic carbocycles. The second-order valence-electron chi connectivity index (χ2n) is 31.0. The zero-order valence-electron chi connectivity index (χ0n) is 53.6. The number of aromatic nitrogens is 1. The first-order chi connectivity index (χ1) is 41.2. The molecule has 2 aliphatic heterocycles. The lowest BCUT2D eigenvalue weighted by Gasteiger charge is -2.43. The summed E-state index contributed by atoms with van der Waals surface area (Å²) in [6.07, 6.45) is 0. The van der Waals surface area contributed by atoms with Crippen LogP contribution in [0.1, 0.15) is 155 Å². The van der Waals surface area contributed by atoms with Gasteiger partial charge in [-0.15, -0.1) is 0 Å². The topological polar surface area (TPSA) is 24.6 Å². The molecule has 5 heteroatoms. The Kier molecular flexibility index (Phi) is 10.9. The molecule has 4 nitrogen and oxygen atoms in total. The van der Waals surface area contributed by atoms with Gasteiger partial charge in [0.25, 0.3) is 0 Å². The number of anilines is 5. The Morgan fingerprint density at radius 3 is 1.56 bits per heavy atom. The summed E-state index contributed by atoms with van der Waals surface area (Å²) in [6, 6.07) is 71.1. The molecule has 4 heterocycles. The molecule has 0 fully saturated rings. The van der Waals surface area contributed by atoms with Crippen LogP contribution in [-0.2, 0) is 32.5 Å². The lowest BCUT2D eigenvalue weighted by atomic mass is 9.43. The van der Waals surface area contributed by atoms with E-state index in [1.807, 2.05) is 0 Å². The van der Waals surface area contributed by atoms with Crippen molar-refractivity contribution in [3.05, 3.63) is 226 Å². The summed E-state index contributed by atoms with van der Waals surface area (Å²) in [5.41, 5.74) is 31.8. The molecule has 0 bridgehead atoms. The molecule has 0 saturated heterocycles. The van der Waals surface area contributed by atoms with E-state index in [9.17, 15) is 0 Å². The molecule has 0 N–H and O–H groups in total. The van der Waals surface area contributed by atoms with Crippen molar-refractivity contribution in [2.75, 3.05) is 9.71 Å². The van der Waals surface area contributed by atoms with Crippen molar-refractivity contribution in [1.82, 2.24) is 4.57 Å². The van der Waals surface area contributed by atoms with Gasteiger partial charge >= 0.3 is 6.85 Å². The fraction of sp³-hybridized carbons (Fsp3) is 0.268. The van der Waals surface area contributed by atoms with Gasteiger partial charge in [-0.1, -0.05) is 208 Å². The minimum absolute atomic E-state index is 0.0211. The largest absolute Gasteiger partial charge is 0.455 e. The lowest BCUT2D eigenvalue weighted by Crippen LogP contribution is -2.60. The molecule has 0 saturated carbocycles. The third-order valence-corrected chi connectivity index (χ3v) is 20.8. The fourth-order valence-corrected chi connectivity index (χ4v) is 15.9. The van der Waals surface area contributed by atoms with Crippen LogP contribution in [-0.4, -0.2) is 11.4 Å². The van der Waals surface area contributed by atoms with Crippen LogP contribution in [0.3, 0.4) is 0 Å². The Bertz CT molecular complexity index is 4880. The SMILES string of the molecule is CC(C)(C)c1ccc(N2B3c4cc5c(cc4-n4c6ccc(C(C)(C)C)cc6c6c7oc8ccccc8c7c(c3c64)-c3cc4c(cc32)-c2ccc(N(c3ccc(C(C)(C)C)cc3)c3ccc(C(C)(C)C)cc3)cc2C4(C)C)-c2ccccc2C5(C)C)cc1. The third kappa shape index (κ3) is 7.57. The van der Waals surface area contributed by atoms with Gasteiger partial charge in [-0.05, 0) is 190 Å². The average Bonchev–Trinajstić information content (AvgIpc) is 1.58. The first-order valence-electron chi connectivity index (χ1n) is 31.7. The Balaban J connectivity index is 1.01. The van der Waals surface area contributed by atoms with Gasteiger partial charge in [0, 0.05) is 66.7 Å². The number of para-hydroxylation sites is 1. The van der Waals surface area contributed by atoms with E-state index in [2.05, 4.69) is 307 Å². The summed E-state index contributed by atoms with van der Waals surface area (Å²) in [4.78, 5) is 5.22. The van der Waals surface area contributed by atoms with Crippen LogP contribution in [0.25, 0.3) is 82.8 Å². The van der Waals surface area contributed by atoms with Crippen molar-refractivity contribution in [3.8, 4) is 39.1 Å².